The molecule has 1 aliphatic heterocycles. The number of ether oxygens (including phenoxy) is 2. The van der Waals surface area contributed by atoms with Crippen LogP contribution in [0.2, 0.25) is 0 Å². The number of carbonyl (C=O) groups excluding carboxylic acids is 3. The zero-order valence-corrected chi connectivity index (χ0v) is 21.3. The van der Waals surface area contributed by atoms with Gasteiger partial charge in [-0.2, -0.15) is 0 Å². The van der Waals surface area contributed by atoms with Gasteiger partial charge >= 0.3 is 0 Å². The number of thioether (sulfide) groups is 1. The summed E-state index contributed by atoms with van der Waals surface area (Å²) in [5.74, 6) is -0.455. The summed E-state index contributed by atoms with van der Waals surface area (Å²) < 4.78 is 24.9. The predicted molar refractivity (Wildman–Crippen MR) is 133 cm³/mol. The van der Waals surface area contributed by atoms with Crippen LogP contribution in [0.15, 0.2) is 45.8 Å². The second kappa shape index (κ2) is 11.5. The number of hydrogen-bond donors (Lipinski definition) is 1. The first kappa shape index (κ1) is 25.8. The highest BCUT2D eigenvalue weighted by molar-refractivity contribution is 9.10. The minimum absolute atomic E-state index is 0.180. The lowest BCUT2D eigenvalue weighted by Gasteiger charge is -2.19. The minimum Gasteiger partial charge on any atom is -0.490 e. The molecule has 7 nitrogen and oxygen atoms in total. The Bertz CT molecular complexity index is 1120. The van der Waals surface area contributed by atoms with E-state index < -0.39 is 11.7 Å². The van der Waals surface area contributed by atoms with Gasteiger partial charge in [-0.15, -0.1) is 0 Å². The fourth-order valence-electron chi connectivity index (χ4n) is 3.14. The number of carbonyl (C=O) groups is 3. The van der Waals surface area contributed by atoms with Crippen LogP contribution in [0.4, 0.5) is 14.9 Å². The van der Waals surface area contributed by atoms with Gasteiger partial charge in [-0.1, -0.05) is 6.92 Å². The van der Waals surface area contributed by atoms with Crippen LogP contribution in [-0.4, -0.2) is 41.2 Å². The van der Waals surface area contributed by atoms with Crippen LogP contribution in [0.5, 0.6) is 11.5 Å². The number of rotatable bonds is 9. The van der Waals surface area contributed by atoms with E-state index in [2.05, 4.69) is 21.2 Å². The zero-order chi connectivity index (χ0) is 24.8. The first-order valence-electron chi connectivity index (χ1n) is 10.6. The Hall–Kier alpha value is -2.85. The molecular weight excluding hydrogens is 527 g/mol. The van der Waals surface area contributed by atoms with E-state index in [1.165, 1.54) is 29.2 Å². The van der Waals surface area contributed by atoms with E-state index in [0.29, 0.717) is 45.2 Å². The molecule has 0 unspecified atom stereocenters. The normalized spacial score (nSPS) is 15.6. The van der Waals surface area contributed by atoms with E-state index in [9.17, 15) is 18.8 Å². The summed E-state index contributed by atoms with van der Waals surface area (Å²) >= 11 is 4.34. The topological polar surface area (TPSA) is 84.9 Å². The van der Waals surface area contributed by atoms with E-state index in [0.717, 1.165) is 11.8 Å². The Balaban J connectivity index is 1.77. The summed E-state index contributed by atoms with van der Waals surface area (Å²) in [6.07, 6.45) is 2.30. The molecule has 1 aliphatic rings. The number of halogens is 2. The number of hydrogen-bond acceptors (Lipinski definition) is 6. The van der Waals surface area contributed by atoms with Crippen LogP contribution in [0.25, 0.3) is 6.08 Å². The van der Waals surface area contributed by atoms with E-state index in [1.807, 2.05) is 20.8 Å². The van der Waals surface area contributed by atoms with E-state index in [1.54, 1.807) is 18.2 Å². The van der Waals surface area contributed by atoms with Crippen LogP contribution in [-0.2, 0) is 9.59 Å². The Morgan fingerprint density at radius 3 is 2.56 bits per heavy atom. The molecule has 1 atom stereocenters. The SMILES string of the molecule is CCOc1cc(/C=C2/SC(=O)N([C@H](C)CC)C2=O)cc(Br)c1OCC(=O)Nc1ccc(F)cc1. The summed E-state index contributed by atoms with van der Waals surface area (Å²) in [4.78, 5) is 38.9. The van der Waals surface area contributed by atoms with Gasteiger partial charge < -0.3 is 14.8 Å². The van der Waals surface area contributed by atoms with Crippen molar-refractivity contribution in [1.29, 1.82) is 0 Å². The molecule has 0 saturated carbocycles. The number of amides is 3. The van der Waals surface area contributed by atoms with Crippen molar-refractivity contribution in [2.24, 2.45) is 0 Å². The fourth-order valence-corrected chi connectivity index (χ4v) is 4.64. The summed E-state index contributed by atoms with van der Waals surface area (Å²) in [5.41, 5.74) is 1.08. The third-order valence-electron chi connectivity index (χ3n) is 4.96. The highest BCUT2D eigenvalue weighted by Crippen LogP contribution is 2.39. The van der Waals surface area contributed by atoms with Gasteiger partial charge in [-0.25, -0.2) is 4.39 Å². The number of imide groups is 1. The van der Waals surface area contributed by atoms with Gasteiger partial charge in [0.15, 0.2) is 18.1 Å². The standard InChI is InChI=1S/C24H24BrFN2O5S/c1-4-14(3)28-23(30)20(34-24(28)31)12-15-10-18(25)22(19(11-15)32-5-2)33-13-21(29)27-17-8-6-16(26)7-9-17/h6-12,14H,4-5,13H2,1-3H3,(H,27,29)/b20-12+/t14-/m1/s1. The Kier molecular flexibility index (Phi) is 8.73. The molecule has 3 amide bonds. The summed E-state index contributed by atoms with van der Waals surface area (Å²) in [5, 5.41) is 2.33. The van der Waals surface area contributed by atoms with Crippen molar-refractivity contribution in [3.05, 3.63) is 57.2 Å². The molecule has 1 fully saturated rings. The van der Waals surface area contributed by atoms with E-state index >= 15 is 0 Å². The molecule has 0 spiro atoms. The monoisotopic (exact) mass is 550 g/mol. The second-order valence-electron chi connectivity index (χ2n) is 7.42. The maximum atomic E-state index is 13.0. The van der Waals surface area contributed by atoms with Gasteiger partial charge in [0.05, 0.1) is 16.0 Å². The highest BCUT2D eigenvalue weighted by atomic mass is 79.9. The van der Waals surface area contributed by atoms with Crippen LogP contribution in [0, 0.1) is 5.82 Å². The van der Waals surface area contributed by atoms with E-state index in [-0.39, 0.29) is 23.8 Å². The van der Waals surface area contributed by atoms with E-state index in [4.69, 9.17) is 9.47 Å². The molecule has 0 aromatic heterocycles. The molecule has 0 bridgehead atoms. The second-order valence-corrected chi connectivity index (χ2v) is 9.26. The van der Waals surface area contributed by atoms with Crippen molar-refractivity contribution in [3.8, 4) is 11.5 Å². The Morgan fingerprint density at radius 2 is 1.91 bits per heavy atom. The fraction of sp³-hybridized carbons (Fsp3) is 0.292. The lowest BCUT2D eigenvalue weighted by molar-refractivity contribution is -0.124. The van der Waals surface area contributed by atoms with Crippen LogP contribution >= 0.6 is 27.7 Å². The molecule has 1 saturated heterocycles. The highest BCUT2D eigenvalue weighted by Gasteiger charge is 2.37. The van der Waals surface area contributed by atoms with Crippen molar-refractivity contribution in [3.63, 3.8) is 0 Å². The van der Waals surface area contributed by atoms with Crippen molar-refractivity contribution in [1.82, 2.24) is 4.90 Å². The van der Waals surface area contributed by atoms with Gasteiger partial charge in [-0.05, 0) is 96.0 Å². The van der Waals surface area contributed by atoms with Crippen LogP contribution in [0.1, 0.15) is 32.8 Å². The summed E-state index contributed by atoms with van der Waals surface area (Å²) in [7, 11) is 0. The lowest BCUT2D eigenvalue weighted by atomic mass is 10.1. The zero-order valence-electron chi connectivity index (χ0n) is 18.9. The lowest BCUT2D eigenvalue weighted by Crippen LogP contribution is -2.36. The third-order valence-corrected chi connectivity index (χ3v) is 6.43. The van der Waals surface area contributed by atoms with Crippen molar-refractivity contribution in [2.75, 3.05) is 18.5 Å². The molecule has 2 aromatic carbocycles. The number of nitrogens with zero attached hydrogens (tertiary/aromatic N) is 1. The van der Waals surface area contributed by atoms with Gasteiger partial charge in [0.25, 0.3) is 17.1 Å². The summed E-state index contributed by atoms with van der Waals surface area (Å²) in [6.45, 7) is 5.61. The van der Waals surface area contributed by atoms with Gasteiger partial charge in [0.1, 0.15) is 5.82 Å². The third kappa shape index (κ3) is 6.18. The minimum atomic E-state index is -0.427. The van der Waals surface area contributed by atoms with Gasteiger partial charge in [-0.3, -0.25) is 19.3 Å². The predicted octanol–water partition coefficient (Wildman–Crippen LogP) is 5.84. The maximum absolute atomic E-state index is 13.0. The average molecular weight is 551 g/mol. The molecule has 1 N–H and O–H groups in total. The number of anilines is 1. The summed E-state index contributed by atoms with van der Waals surface area (Å²) in [6, 6.07) is 8.61. The van der Waals surface area contributed by atoms with Crippen LogP contribution < -0.4 is 14.8 Å². The molecule has 3 rings (SSSR count). The van der Waals surface area contributed by atoms with Crippen molar-refractivity contribution >= 4 is 56.5 Å². The molecule has 0 aliphatic carbocycles. The first-order chi connectivity index (χ1) is 16.2. The van der Waals surface area contributed by atoms with Crippen LogP contribution in [0.3, 0.4) is 0 Å². The molecule has 10 heteroatoms. The average Bonchev–Trinajstić information content (AvgIpc) is 3.07. The maximum Gasteiger partial charge on any atom is 0.293 e. The smallest absolute Gasteiger partial charge is 0.293 e. The molecule has 2 aromatic rings. The molecule has 34 heavy (non-hydrogen) atoms. The molecule has 0 radical (unpaired) electrons. The van der Waals surface area contributed by atoms with Gasteiger partial charge in [0, 0.05) is 11.7 Å². The molecule has 1 heterocycles. The quantitative estimate of drug-likeness (QED) is 0.395. The molecular formula is C24H24BrFN2O5S. The first-order valence-corrected chi connectivity index (χ1v) is 12.3. The number of benzene rings is 2. The van der Waals surface area contributed by atoms with Crippen molar-refractivity contribution in [2.45, 2.75) is 33.2 Å². The van der Waals surface area contributed by atoms with Crippen molar-refractivity contribution < 1.29 is 28.2 Å². The largest absolute Gasteiger partial charge is 0.490 e. The Labute approximate surface area is 209 Å². The van der Waals surface area contributed by atoms with Gasteiger partial charge in [0.2, 0.25) is 0 Å². The Morgan fingerprint density at radius 1 is 1.21 bits per heavy atom. The number of nitrogens with one attached hydrogen (secondary N) is 1. The molecule has 180 valence electrons.